The van der Waals surface area contributed by atoms with Gasteiger partial charge in [0.15, 0.2) is 0 Å². The maximum atomic E-state index is 5.16. The summed E-state index contributed by atoms with van der Waals surface area (Å²) in [5.41, 5.74) is 0. The maximum Gasteiger partial charge on any atom is 0.613 e. The molecular formula is C11H32B6O10. The molecule has 10 nitrogen and oxygen atoms in total. The van der Waals surface area contributed by atoms with Crippen LogP contribution in [0.2, 0.25) is 13.6 Å². The second-order valence-electron chi connectivity index (χ2n) is 4.71. The second kappa shape index (κ2) is 16.9. The summed E-state index contributed by atoms with van der Waals surface area (Å²) in [6, 6.07) is 0. The molecule has 2 heterocycles. The summed E-state index contributed by atoms with van der Waals surface area (Å²) >= 11 is 0. The highest BCUT2D eigenvalue weighted by atomic mass is 16.8. The predicted octanol–water partition coefficient (Wildman–Crippen LogP) is 1.30. The van der Waals surface area contributed by atoms with Gasteiger partial charge >= 0.3 is 43.5 Å². The average Bonchev–Trinajstić information content (AvgIpc) is 2.55. The standard InChI is InChI=1S/C5H13B3O5.C4H11B3O5.2CH4/c1-4-9-7-11-6(3)12-8(13-7)10-5-2;1-4-9-7-11-5(2)10-6(8-3)12-7;;/h4-5H2,1-3H3;4H2,1-3H3;2*1H4. The van der Waals surface area contributed by atoms with Crippen LogP contribution in [0.15, 0.2) is 0 Å². The van der Waals surface area contributed by atoms with E-state index in [0.717, 1.165) is 0 Å². The van der Waals surface area contributed by atoms with Gasteiger partial charge in [0.1, 0.15) is 0 Å². The molecular weight excluding hydrogens is 357 g/mol. The number of hydrogen-bond donors (Lipinski definition) is 0. The molecule has 2 rings (SSSR count). The van der Waals surface area contributed by atoms with Crippen molar-refractivity contribution in [3.63, 3.8) is 0 Å². The van der Waals surface area contributed by atoms with Gasteiger partial charge in [0.05, 0.1) is 0 Å². The van der Waals surface area contributed by atoms with Crippen LogP contribution in [-0.4, -0.2) is 70.5 Å². The summed E-state index contributed by atoms with van der Waals surface area (Å²) in [7, 11) is -2.03. The lowest BCUT2D eigenvalue weighted by Gasteiger charge is -2.26. The minimum atomic E-state index is -0.703. The van der Waals surface area contributed by atoms with Crippen molar-refractivity contribution in [3.8, 4) is 0 Å². The molecule has 0 aliphatic carbocycles. The molecule has 0 amide bonds. The van der Waals surface area contributed by atoms with Crippen LogP contribution in [0.4, 0.5) is 0 Å². The molecule has 2 aliphatic rings. The van der Waals surface area contributed by atoms with Crippen molar-refractivity contribution in [2.45, 2.75) is 49.3 Å². The quantitative estimate of drug-likeness (QED) is 0.594. The fourth-order valence-electron chi connectivity index (χ4n) is 1.75. The van der Waals surface area contributed by atoms with Crippen LogP contribution in [0.1, 0.15) is 35.6 Å². The third-order valence-electron chi connectivity index (χ3n) is 2.76. The molecule has 0 radical (unpaired) electrons. The smallest absolute Gasteiger partial charge is 0.427 e. The Morgan fingerprint density at radius 3 is 1.15 bits per heavy atom. The molecule has 27 heavy (non-hydrogen) atoms. The summed E-state index contributed by atoms with van der Waals surface area (Å²) in [5.74, 6) is 0. The van der Waals surface area contributed by atoms with E-state index in [9.17, 15) is 0 Å². The van der Waals surface area contributed by atoms with Gasteiger partial charge in [-0.15, -0.1) is 0 Å². The molecule has 0 aromatic rings. The van der Waals surface area contributed by atoms with Crippen LogP contribution < -0.4 is 0 Å². The molecule has 154 valence electrons. The first-order chi connectivity index (χ1) is 12.0. The van der Waals surface area contributed by atoms with Gasteiger partial charge in [-0.3, -0.25) is 0 Å². The van der Waals surface area contributed by atoms with Crippen molar-refractivity contribution in [2.75, 3.05) is 26.9 Å². The lowest BCUT2D eigenvalue weighted by molar-refractivity contribution is 0.113. The zero-order valence-corrected chi connectivity index (χ0v) is 15.7. The molecule has 2 fully saturated rings. The van der Waals surface area contributed by atoms with Gasteiger partial charge in [-0.1, -0.05) is 14.9 Å². The van der Waals surface area contributed by atoms with Gasteiger partial charge in [0.25, 0.3) is 0 Å². The molecule has 0 unspecified atom stereocenters. The van der Waals surface area contributed by atoms with Crippen molar-refractivity contribution in [2.24, 2.45) is 0 Å². The lowest BCUT2D eigenvalue weighted by Crippen LogP contribution is -2.50. The van der Waals surface area contributed by atoms with Crippen LogP contribution in [-0.2, 0) is 46.0 Å². The number of hydrogen-bond acceptors (Lipinski definition) is 10. The predicted molar refractivity (Wildman–Crippen MR) is 108 cm³/mol. The molecule has 2 aliphatic heterocycles. The van der Waals surface area contributed by atoms with E-state index in [1.165, 1.54) is 7.11 Å². The normalized spacial score (nSPS) is 17.1. The maximum absolute atomic E-state index is 5.16. The highest BCUT2D eigenvalue weighted by Crippen LogP contribution is 2.10. The zero-order chi connectivity index (χ0) is 18.7. The fourth-order valence-corrected chi connectivity index (χ4v) is 1.75. The topological polar surface area (TPSA) is 92.3 Å². The van der Waals surface area contributed by atoms with Gasteiger partial charge in [-0.05, 0) is 34.4 Å². The third kappa shape index (κ3) is 12.2. The summed E-state index contributed by atoms with van der Waals surface area (Å²) in [5, 5.41) is 0. The van der Waals surface area contributed by atoms with Crippen molar-refractivity contribution in [1.82, 2.24) is 0 Å². The summed E-state index contributed by atoms with van der Waals surface area (Å²) in [4.78, 5) is 0. The van der Waals surface area contributed by atoms with Crippen molar-refractivity contribution in [3.05, 3.63) is 0 Å². The Morgan fingerprint density at radius 1 is 0.556 bits per heavy atom. The van der Waals surface area contributed by atoms with Crippen molar-refractivity contribution < 1.29 is 46.0 Å². The van der Waals surface area contributed by atoms with Crippen molar-refractivity contribution >= 4 is 43.5 Å². The first-order valence-corrected chi connectivity index (χ1v) is 8.32. The van der Waals surface area contributed by atoms with Crippen LogP contribution in [0.5, 0.6) is 0 Å². The first-order valence-electron chi connectivity index (χ1n) is 8.32. The number of rotatable bonds is 7. The summed E-state index contributed by atoms with van der Waals surface area (Å²) in [6.45, 7) is 10.7. The van der Waals surface area contributed by atoms with E-state index in [2.05, 4.69) is 0 Å². The van der Waals surface area contributed by atoms with Gasteiger partial charge < -0.3 is 46.0 Å². The SMILES string of the molecule is C.C.CCOB1OB(C)OB(OC)O1.CCOB1OB(C)OB(OCC)O1. The Labute approximate surface area is 166 Å². The van der Waals surface area contributed by atoms with E-state index in [1.54, 1.807) is 13.6 Å². The minimum Gasteiger partial charge on any atom is -0.427 e. The van der Waals surface area contributed by atoms with Gasteiger partial charge in [-0.25, -0.2) is 0 Å². The van der Waals surface area contributed by atoms with Crippen LogP contribution >= 0.6 is 0 Å². The molecule has 0 saturated carbocycles. The Morgan fingerprint density at radius 2 is 0.852 bits per heavy atom. The zero-order valence-electron chi connectivity index (χ0n) is 15.7. The van der Waals surface area contributed by atoms with E-state index in [4.69, 9.17) is 46.0 Å². The molecule has 2 saturated heterocycles. The molecule has 16 heteroatoms. The van der Waals surface area contributed by atoms with E-state index in [-0.39, 0.29) is 29.1 Å². The monoisotopic (exact) mass is 390 g/mol. The Balaban J connectivity index is 0. The molecule has 0 N–H and O–H groups in total. The van der Waals surface area contributed by atoms with Gasteiger partial charge in [0, 0.05) is 26.9 Å². The van der Waals surface area contributed by atoms with E-state index in [1.807, 2.05) is 20.8 Å². The molecule has 0 atom stereocenters. The second-order valence-corrected chi connectivity index (χ2v) is 4.71. The largest absolute Gasteiger partial charge is 0.613 e. The van der Waals surface area contributed by atoms with Crippen molar-refractivity contribution in [1.29, 1.82) is 0 Å². The molecule has 0 aromatic heterocycles. The first kappa shape index (κ1) is 29.2. The average molecular weight is 389 g/mol. The Hall–Kier alpha value is -0.0104. The van der Waals surface area contributed by atoms with E-state index in [0.29, 0.717) is 19.8 Å². The highest BCUT2D eigenvalue weighted by Gasteiger charge is 2.42. The van der Waals surface area contributed by atoms with E-state index < -0.39 is 29.3 Å². The highest BCUT2D eigenvalue weighted by molar-refractivity contribution is 6.69. The van der Waals surface area contributed by atoms with Gasteiger partial charge in [-0.2, -0.15) is 0 Å². The van der Waals surface area contributed by atoms with E-state index >= 15 is 0 Å². The van der Waals surface area contributed by atoms with Crippen LogP contribution in [0.3, 0.4) is 0 Å². The molecule has 0 aromatic carbocycles. The molecule has 0 bridgehead atoms. The third-order valence-corrected chi connectivity index (χ3v) is 2.76. The lowest BCUT2D eigenvalue weighted by atomic mass is 9.85. The Kier molecular flexibility index (Phi) is 18.3. The summed E-state index contributed by atoms with van der Waals surface area (Å²) < 4.78 is 50.9. The van der Waals surface area contributed by atoms with Crippen LogP contribution in [0, 0.1) is 0 Å². The molecule has 0 spiro atoms. The minimum absolute atomic E-state index is 0. The van der Waals surface area contributed by atoms with Crippen LogP contribution in [0.25, 0.3) is 0 Å². The van der Waals surface area contributed by atoms with Gasteiger partial charge in [0.2, 0.25) is 0 Å². The summed E-state index contributed by atoms with van der Waals surface area (Å²) in [6.07, 6.45) is 0. The fraction of sp³-hybridized carbons (Fsp3) is 1.00. The Bertz CT molecular complexity index is 335.